The van der Waals surface area contributed by atoms with Crippen LogP contribution in [-0.4, -0.2) is 12.4 Å². The molecule has 0 N–H and O–H groups in total. The molecule has 4 aliphatic rings. The van der Waals surface area contributed by atoms with Crippen molar-refractivity contribution in [3.63, 3.8) is 0 Å². The van der Waals surface area contributed by atoms with E-state index in [0.717, 1.165) is 0 Å². The lowest BCUT2D eigenvalue weighted by atomic mass is 9.42. The van der Waals surface area contributed by atoms with Crippen molar-refractivity contribution in [2.24, 2.45) is 0 Å². The molecule has 4 heterocycles. The van der Waals surface area contributed by atoms with Gasteiger partial charge in [0.25, 0.3) is 0 Å². The average molecular weight is 747 g/mol. The van der Waals surface area contributed by atoms with Crippen molar-refractivity contribution in [2.75, 3.05) is 9.71 Å². The van der Waals surface area contributed by atoms with Gasteiger partial charge in [0.15, 0.2) is 0 Å². The minimum Gasteiger partial charge on any atom is -0.400 e. The molecule has 0 saturated heterocycles. The third-order valence-corrected chi connectivity index (χ3v) is 15.7. The number of rotatable bonds is 2. The van der Waals surface area contributed by atoms with Crippen LogP contribution in [0, 0.1) is 0 Å². The van der Waals surface area contributed by atoms with Crippen LogP contribution >= 0.6 is 11.3 Å². The van der Waals surface area contributed by atoms with Gasteiger partial charge >= 0.3 is 6.85 Å². The van der Waals surface area contributed by atoms with Gasteiger partial charge in [-0.05, 0) is 110 Å². The number of hydrogen-bond acceptors (Lipinski definition) is 3. The second-order valence-electron chi connectivity index (χ2n) is 19.7. The molecule has 56 heavy (non-hydrogen) atoms. The molecule has 278 valence electrons. The third kappa shape index (κ3) is 4.45. The first-order valence-corrected chi connectivity index (χ1v) is 21.7. The Bertz CT molecular complexity index is 2780. The van der Waals surface area contributed by atoms with E-state index in [2.05, 4.69) is 180 Å². The number of anilines is 4. The van der Waals surface area contributed by atoms with Crippen molar-refractivity contribution < 1.29 is 0 Å². The summed E-state index contributed by atoms with van der Waals surface area (Å²) in [4.78, 5) is 5.71. The fourth-order valence-electron chi connectivity index (χ4n) is 11.3. The maximum atomic E-state index is 3.00. The standard InChI is InChI=1S/C52H51BN2S/c1-49(2,3)34-24-25-42(38(29-34)32-18-10-9-11-19-32)54-47-36-21-13-12-20-33(36)28-39-40-30-35(50(4,5)6)31-41-46(40)55(52(8)27-17-16-26-51(41,52)7)53(44(39)47)45-37-22-14-15-23-43(37)56-48(45)54/h9-15,18-25,28-31H,16-17,26-27H2,1-8H3. The van der Waals surface area contributed by atoms with Gasteiger partial charge in [-0.1, -0.05) is 146 Å². The number of thiophene rings is 1. The van der Waals surface area contributed by atoms with Gasteiger partial charge in [0.05, 0.1) is 16.4 Å². The first-order valence-electron chi connectivity index (χ1n) is 20.9. The summed E-state index contributed by atoms with van der Waals surface area (Å²) in [7, 11) is 0. The highest BCUT2D eigenvalue weighted by molar-refractivity contribution is 7.26. The minimum atomic E-state index is -0.0316. The summed E-state index contributed by atoms with van der Waals surface area (Å²) in [5.41, 5.74) is 16.8. The topological polar surface area (TPSA) is 6.48 Å². The molecule has 0 spiro atoms. The summed E-state index contributed by atoms with van der Waals surface area (Å²) in [6.45, 7) is 19.6. The zero-order chi connectivity index (χ0) is 38.5. The highest BCUT2D eigenvalue weighted by Crippen LogP contribution is 2.64. The molecular formula is C52H51BN2S. The largest absolute Gasteiger partial charge is 0.400 e. The first kappa shape index (κ1) is 34.5. The predicted molar refractivity (Wildman–Crippen MR) is 244 cm³/mol. The molecule has 0 radical (unpaired) electrons. The van der Waals surface area contributed by atoms with Gasteiger partial charge in [-0.3, -0.25) is 0 Å². The van der Waals surface area contributed by atoms with Crippen molar-refractivity contribution in [1.82, 2.24) is 0 Å². The second kappa shape index (κ2) is 11.4. The first-order chi connectivity index (χ1) is 26.8. The van der Waals surface area contributed by atoms with Crippen molar-refractivity contribution in [2.45, 2.75) is 103 Å². The molecule has 0 amide bonds. The van der Waals surface area contributed by atoms with Gasteiger partial charge in [-0.2, -0.15) is 0 Å². The molecule has 4 heteroatoms. The van der Waals surface area contributed by atoms with Gasteiger partial charge < -0.3 is 9.71 Å². The maximum Gasteiger partial charge on any atom is 0.330 e. The average Bonchev–Trinajstić information content (AvgIpc) is 3.66. The fraction of sp³-hybridized carbons (Fsp3) is 0.308. The molecule has 2 nitrogen and oxygen atoms in total. The zero-order valence-electron chi connectivity index (χ0n) is 34.2. The molecule has 11 rings (SSSR count). The molecule has 1 aliphatic carbocycles. The molecular weight excluding hydrogens is 695 g/mol. The Labute approximate surface area is 337 Å². The van der Waals surface area contributed by atoms with Crippen molar-refractivity contribution in [3.8, 4) is 22.3 Å². The summed E-state index contributed by atoms with van der Waals surface area (Å²) < 4.78 is 1.36. The Morgan fingerprint density at radius 2 is 1.29 bits per heavy atom. The Morgan fingerprint density at radius 1 is 0.607 bits per heavy atom. The van der Waals surface area contributed by atoms with E-state index in [-0.39, 0.29) is 28.6 Å². The molecule has 2 atom stereocenters. The molecule has 2 unspecified atom stereocenters. The Balaban J connectivity index is 1.33. The lowest BCUT2D eigenvalue weighted by Gasteiger charge is -2.55. The van der Waals surface area contributed by atoms with Crippen LogP contribution in [-0.2, 0) is 16.2 Å². The third-order valence-electron chi connectivity index (χ3n) is 14.5. The van der Waals surface area contributed by atoms with E-state index in [0.29, 0.717) is 0 Å². The number of fused-ring (bicyclic) bond motifs is 11. The summed E-state index contributed by atoms with van der Waals surface area (Å²) in [5, 5.41) is 5.38. The van der Waals surface area contributed by atoms with E-state index >= 15 is 0 Å². The van der Waals surface area contributed by atoms with Crippen LogP contribution in [0.5, 0.6) is 0 Å². The van der Waals surface area contributed by atoms with Gasteiger partial charge in [0.2, 0.25) is 0 Å². The van der Waals surface area contributed by atoms with Crippen LogP contribution in [0.3, 0.4) is 0 Å². The summed E-state index contributed by atoms with van der Waals surface area (Å²) in [6, 6.07) is 44.7. The highest BCUT2D eigenvalue weighted by Gasteiger charge is 2.63. The second-order valence-corrected chi connectivity index (χ2v) is 20.7. The van der Waals surface area contributed by atoms with Crippen LogP contribution in [0.25, 0.3) is 43.1 Å². The molecule has 1 saturated carbocycles. The smallest absolute Gasteiger partial charge is 0.330 e. The van der Waals surface area contributed by atoms with E-state index in [9.17, 15) is 0 Å². The van der Waals surface area contributed by atoms with E-state index in [1.54, 1.807) is 5.56 Å². The number of hydrogen-bond donors (Lipinski definition) is 0. The van der Waals surface area contributed by atoms with Crippen LogP contribution < -0.4 is 20.6 Å². The lowest BCUT2D eigenvalue weighted by Crippen LogP contribution is -2.70. The minimum absolute atomic E-state index is 0.0143. The molecule has 7 aromatic rings. The maximum absolute atomic E-state index is 3.00. The Morgan fingerprint density at radius 3 is 2.05 bits per heavy atom. The quantitative estimate of drug-likeness (QED) is 0.163. The zero-order valence-corrected chi connectivity index (χ0v) is 35.0. The van der Waals surface area contributed by atoms with Crippen LogP contribution in [0.2, 0.25) is 0 Å². The summed E-state index contributed by atoms with van der Waals surface area (Å²) in [5.74, 6) is 0. The summed E-state index contributed by atoms with van der Waals surface area (Å²) in [6.07, 6.45) is 4.98. The molecule has 3 aliphatic heterocycles. The number of benzene rings is 6. The SMILES string of the molecule is CC(C)(C)c1ccc(N2c3sc4ccccc4c3B3c4c(cc5ccccc5c42)-c2cc(C(C)(C)C)cc4c2N3C2(C)CCCCC42C)c(-c2ccccc2)c1. The molecule has 0 bridgehead atoms. The predicted octanol–water partition coefficient (Wildman–Crippen LogP) is 13.3. The van der Waals surface area contributed by atoms with Crippen LogP contribution in [0.4, 0.5) is 22.1 Å². The van der Waals surface area contributed by atoms with Crippen molar-refractivity contribution in [1.29, 1.82) is 0 Å². The Kier molecular flexibility index (Phi) is 7.02. The molecule has 1 fully saturated rings. The van der Waals surface area contributed by atoms with Crippen LogP contribution in [0.15, 0.2) is 115 Å². The Hall–Kier alpha value is -4.80. The van der Waals surface area contributed by atoms with Crippen LogP contribution in [0.1, 0.15) is 97.8 Å². The van der Waals surface area contributed by atoms with E-state index in [1.165, 1.54) is 113 Å². The van der Waals surface area contributed by atoms with Gasteiger partial charge in [-0.25, -0.2) is 0 Å². The fourth-order valence-corrected chi connectivity index (χ4v) is 12.5. The monoisotopic (exact) mass is 746 g/mol. The highest BCUT2D eigenvalue weighted by atomic mass is 32.1. The van der Waals surface area contributed by atoms with E-state index in [4.69, 9.17) is 0 Å². The van der Waals surface area contributed by atoms with Crippen molar-refractivity contribution >= 4 is 72.0 Å². The molecule has 1 aromatic heterocycles. The normalized spacial score (nSPS) is 21.0. The van der Waals surface area contributed by atoms with Gasteiger partial charge in [0.1, 0.15) is 0 Å². The number of nitrogens with zero attached hydrogens (tertiary/aromatic N) is 2. The van der Waals surface area contributed by atoms with E-state index < -0.39 is 0 Å². The molecule has 6 aromatic carbocycles. The van der Waals surface area contributed by atoms with E-state index in [1.807, 2.05) is 11.3 Å². The van der Waals surface area contributed by atoms with Gasteiger partial charge in [-0.15, -0.1) is 11.3 Å². The summed E-state index contributed by atoms with van der Waals surface area (Å²) >= 11 is 1.98. The van der Waals surface area contributed by atoms with Gasteiger partial charge in [0, 0.05) is 37.9 Å². The lowest BCUT2D eigenvalue weighted by molar-refractivity contribution is 0.199. The van der Waals surface area contributed by atoms with Crippen molar-refractivity contribution in [3.05, 3.63) is 132 Å².